The molecule has 0 aliphatic carbocycles. The standard InChI is InChI=1S/C20H17ClN4O3/c1-20(18(26)22-15-11-14(21)7-8-16(15)28-20)19(27)23-17-9-10-25(24-17)12-13-5-3-2-4-6-13/h2-11H,12H2,1H3,(H,22,26)(H,23,24,27). The lowest BCUT2D eigenvalue weighted by atomic mass is 10.0. The van der Waals surface area contributed by atoms with Crippen LogP contribution in [0.4, 0.5) is 11.5 Å². The summed E-state index contributed by atoms with van der Waals surface area (Å²) in [4.78, 5) is 25.3. The summed E-state index contributed by atoms with van der Waals surface area (Å²) in [6, 6.07) is 16.3. The molecule has 2 aromatic carbocycles. The van der Waals surface area contributed by atoms with Gasteiger partial charge in [0.25, 0.3) is 17.4 Å². The van der Waals surface area contributed by atoms with E-state index in [1.807, 2.05) is 30.3 Å². The number of carbonyl (C=O) groups is 2. The van der Waals surface area contributed by atoms with E-state index in [2.05, 4.69) is 15.7 Å². The van der Waals surface area contributed by atoms with Gasteiger partial charge < -0.3 is 15.4 Å². The molecular formula is C20H17ClN4O3. The average Bonchev–Trinajstić information content (AvgIpc) is 3.10. The average molecular weight is 397 g/mol. The number of benzene rings is 2. The van der Waals surface area contributed by atoms with Gasteiger partial charge in [-0.1, -0.05) is 41.9 Å². The van der Waals surface area contributed by atoms with Gasteiger partial charge in [0, 0.05) is 17.3 Å². The SMILES string of the molecule is CC1(C(=O)Nc2ccn(Cc3ccccc3)n2)Oc2ccc(Cl)cc2NC1=O. The number of nitrogens with zero attached hydrogens (tertiary/aromatic N) is 2. The molecule has 0 radical (unpaired) electrons. The zero-order chi connectivity index (χ0) is 19.7. The van der Waals surface area contributed by atoms with Crippen molar-refractivity contribution in [2.75, 3.05) is 10.6 Å². The number of amides is 2. The summed E-state index contributed by atoms with van der Waals surface area (Å²) < 4.78 is 7.41. The van der Waals surface area contributed by atoms with E-state index in [1.165, 1.54) is 6.92 Å². The van der Waals surface area contributed by atoms with E-state index >= 15 is 0 Å². The lowest BCUT2D eigenvalue weighted by Crippen LogP contribution is -2.56. The van der Waals surface area contributed by atoms with Crippen LogP contribution in [0.2, 0.25) is 5.02 Å². The molecule has 7 nitrogen and oxygen atoms in total. The molecule has 0 fully saturated rings. The number of hydrogen-bond acceptors (Lipinski definition) is 4. The fraction of sp³-hybridized carbons (Fsp3) is 0.150. The minimum absolute atomic E-state index is 0.334. The highest BCUT2D eigenvalue weighted by Gasteiger charge is 2.47. The van der Waals surface area contributed by atoms with Crippen LogP contribution in [-0.2, 0) is 16.1 Å². The normalized spacial score (nSPS) is 18.0. The van der Waals surface area contributed by atoms with Crippen molar-refractivity contribution in [2.24, 2.45) is 0 Å². The Morgan fingerprint density at radius 2 is 2.04 bits per heavy atom. The van der Waals surface area contributed by atoms with Crippen LogP contribution in [0.3, 0.4) is 0 Å². The predicted molar refractivity (Wildman–Crippen MR) is 106 cm³/mol. The van der Waals surface area contributed by atoms with Gasteiger partial charge in [-0.25, -0.2) is 0 Å². The Kier molecular flexibility index (Phi) is 4.52. The van der Waals surface area contributed by atoms with Gasteiger partial charge in [-0.2, -0.15) is 5.10 Å². The lowest BCUT2D eigenvalue weighted by Gasteiger charge is -2.33. The third kappa shape index (κ3) is 3.44. The maximum absolute atomic E-state index is 12.8. The minimum atomic E-state index is -1.73. The molecular weight excluding hydrogens is 380 g/mol. The molecule has 0 saturated carbocycles. The minimum Gasteiger partial charge on any atom is -0.466 e. The summed E-state index contributed by atoms with van der Waals surface area (Å²) in [7, 11) is 0. The van der Waals surface area contributed by atoms with Crippen LogP contribution in [0, 0.1) is 0 Å². The van der Waals surface area contributed by atoms with Crippen LogP contribution in [0.25, 0.3) is 0 Å². The van der Waals surface area contributed by atoms with Crippen LogP contribution < -0.4 is 15.4 Å². The maximum atomic E-state index is 12.8. The topological polar surface area (TPSA) is 85.2 Å². The molecule has 28 heavy (non-hydrogen) atoms. The molecule has 2 heterocycles. The van der Waals surface area contributed by atoms with Crippen molar-refractivity contribution in [3.05, 3.63) is 71.4 Å². The van der Waals surface area contributed by atoms with Crippen molar-refractivity contribution in [1.29, 1.82) is 0 Å². The first-order chi connectivity index (χ1) is 13.4. The van der Waals surface area contributed by atoms with Crippen molar-refractivity contribution in [1.82, 2.24) is 9.78 Å². The van der Waals surface area contributed by atoms with Crippen molar-refractivity contribution < 1.29 is 14.3 Å². The highest BCUT2D eigenvalue weighted by Crippen LogP contribution is 2.35. The van der Waals surface area contributed by atoms with Crippen LogP contribution in [0.15, 0.2) is 60.8 Å². The number of halogens is 1. The molecule has 0 spiro atoms. The van der Waals surface area contributed by atoms with Gasteiger partial charge >= 0.3 is 0 Å². The fourth-order valence-electron chi connectivity index (χ4n) is 2.87. The summed E-state index contributed by atoms with van der Waals surface area (Å²) in [6.45, 7) is 1.98. The van der Waals surface area contributed by atoms with Gasteiger partial charge in [-0.15, -0.1) is 0 Å². The molecule has 8 heteroatoms. The van der Waals surface area contributed by atoms with Crippen LogP contribution >= 0.6 is 11.6 Å². The number of nitrogens with one attached hydrogen (secondary N) is 2. The molecule has 2 N–H and O–H groups in total. The largest absolute Gasteiger partial charge is 0.466 e. The van der Waals surface area contributed by atoms with Gasteiger partial charge in [0.1, 0.15) is 5.75 Å². The number of fused-ring (bicyclic) bond motifs is 1. The van der Waals surface area contributed by atoms with E-state index in [0.29, 0.717) is 28.8 Å². The zero-order valence-electron chi connectivity index (χ0n) is 15.0. The first-order valence-electron chi connectivity index (χ1n) is 8.63. The Morgan fingerprint density at radius 1 is 1.25 bits per heavy atom. The Bertz CT molecular complexity index is 1050. The summed E-state index contributed by atoms with van der Waals surface area (Å²) in [5.74, 6) is -0.490. The maximum Gasteiger partial charge on any atom is 0.279 e. The van der Waals surface area contributed by atoms with E-state index in [4.69, 9.17) is 16.3 Å². The van der Waals surface area contributed by atoms with E-state index in [0.717, 1.165) is 5.56 Å². The second kappa shape index (κ2) is 7.01. The summed E-state index contributed by atoms with van der Waals surface area (Å²) in [6.07, 6.45) is 1.75. The van der Waals surface area contributed by atoms with E-state index in [-0.39, 0.29) is 0 Å². The molecule has 1 atom stereocenters. The van der Waals surface area contributed by atoms with Crippen molar-refractivity contribution in [3.63, 3.8) is 0 Å². The highest BCUT2D eigenvalue weighted by atomic mass is 35.5. The number of aromatic nitrogens is 2. The molecule has 1 aromatic heterocycles. The first-order valence-corrected chi connectivity index (χ1v) is 9.01. The lowest BCUT2D eigenvalue weighted by molar-refractivity contribution is -0.143. The molecule has 1 unspecified atom stereocenters. The third-order valence-electron chi connectivity index (χ3n) is 4.44. The van der Waals surface area contributed by atoms with Crippen LogP contribution in [0.5, 0.6) is 5.75 Å². The molecule has 142 valence electrons. The number of hydrogen-bond donors (Lipinski definition) is 2. The van der Waals surface area contributed by atoms with Crippen molar-refractivity contribution >= 4 is 34.9 Å². The Balaban J connectivity index is 1.49. The Morgan fingerprint density at radius 3 is 2.82 bits per heavy atom. The van der Waals surface area contributed by atoms with E-state index < -0.39 is 17.4 Å². The van der Waals surface area contributed by atoms with Gasteiger partial charge in [-0.3, -0.25) is 14.3 Å². The van der Waals surface area contributed by atoms with Crippen molar-refractivity contribution in [3.8, 4) is 5.75 Å². The summed E-state index contributed by atoms with van der Waals surface area (Å²) in [5.41, 5.74) is -0.222. The second-order valence-corrected chi connectivity index (χ2v) is 7.00. The highest BCUT2D eigenvalue weighted by molar-refractivity contribution is 6.31. The second-order valence-electron chi connectivity index (χ2n) is 6.57. The summed E-state index contributed by atoms with van der Waals surface area (Å²) in [5, 5.41) is 10.1. The Labute approximate surface area is 166 Å². The smallest absolute Gasteiger partial charge is 0.279 e. The number of rotatable bonds is 4. The zero-order valence-corrected chi connectivity index (χ0v) is 15.7. The van der Waals surface area contributed by atoms with Gasteiger partial charge in [0.05, 0.1) is 12.2 Å². The first kappa shape index (κ1) is 18.1. The van der Waals surface area contributed by atoms with E-state index in [9.17, 15) is 9.59 Å². The molecule has 1 aliphatic rings. The van der Waals surface area contributed by atoms with Gasteiger partial charge in [0.2, 0.25) is 0 Å². The number of ether oxygens (including phenoxy) is 1. The number of carbonyl (C=O) groups excluding carboxylic acids is 2. The Hall–Kier alpha value is -3.32. The molecule has 4 rings (SSSR count). The fourth-order valence-corrected chi connectivity index (χ4v) is 3.04. The molecule has 1 aliphatic heterocycles. The molecule has 2 amide bonds. The van der Waals surface area contributed by atoms with Crippen LogP contribution in [-0.4, -0.2) is 27.2 Å². The molecule has 3 aromatic rings. The quantitative estimate of drug-likeness (QED) is 0.662. The predicted octanol–water partition coefficient (Wildman–Crippen LogP) is 3.31. The van der Waals surface area contributed by atoms with Gasteiger partial charge in [-0.05, 0) is 30.7 Å². The van der Waals surface area contributed by atoms with Crippen LogP contribution in [0.1, 0.15) is 12.5 Å². The molecule has 0 bridgehead atoms. The van der Waals surface area contributed by atoms with Gasteiger partial charge in [0.15, 0.2) is 5.82 Å². The monoisotopic (exact) mass is 396 g/mol. The summed E-state index contributed by atoms with van der Waals surface area (Å²) >= 11 is 5.93. The van der Waals surface area contributed by atoms with E-state index in [1.54, 1.807) is 35.1 Å². The van der Waals surface area contributed by atoms with Crippen molar-refractivity contribution in [2.45, 2.75) is 19.1 Å². The number of anilines is 2. The third-order valence-corrected chi connectivity index (χ3v) is 4.68. The molecule has 0 saturated heterocycles.